The fourth-order valence-corrected chi connectivity index (χ4v) is 13.7. The van der Waals surface area contributed by atoms with Gasteiger partial charge in [-0.15, -0.1) is 0 Å². The smallest absolute Gasteiger partial charge is 0.137 e. The van der Waals surface area contributed by atoms with Gasteiger partial charge in [-0.05, 0) is 133 Å². The van der Waals surface area contributed by atoms with Crippen LogP contribution in [0.3, 0.4) is 0 Å². The third-order valence-electron chi connectivity index (χ3n) is 17.9. The minimum absolute atomic E-state index is 0.0920. The molecule has 0 spiro atoms. The first-order valence-electron chi connectivity index (χ1n) is 30.0. The number of nitrogens with zero attached hydrogens (tertiary/aromatic N) is 4. The van der Waals surface area contributed by atoms with Crippen molar-refractivity contribution in [2.24, 2.45) is 0 Å². The Bertz CT molecular complexity index is 4620. The molecule has 2 aromatic heterocycles. The molecule has 2 aliphatic rings. The quantitative estimate of drug-likeness (QED) is 0.137. The van der Waals surface area contributed by atoms with Gasteiger partial charge in [0.05, 0.1) is 33.5 Å². The first kappa shape index (κ1) is 52.6. The molecule has 15 rings (SSSR count). The van der Waals surface area contributed by atoms with Gasteiger partial charge >= 0.3 is 0 Å². The molecule has 3 heterocycles. The standard InChI is InChI=1S/C81H66N4O/c1-79(2,3)58-44-45-82-76(50-58)85-75-52-62(42-43-67(75)68-37-25-36-64(78(68)85)54-26-11-7-12-27-54)86-63-47-60(81(57-32-17-10-18-33-57)71-38-21-19-34-65(71)66-35-20-22-39-72(66)81)46-61(51-63)83-53-84(74-41-24-23-40-73(74)83)77-69(55-28-13-8-14-29-55)48-59(80(4,5)6)49-70(77)56-30-15-9-16-31-56/h7-52H,53H2,1-6H3. The summed E-state index contributed by atoms with van der Waals surface area (Å²) in [6.07, 6.45) is 1.96. The zero-order valence-electron chi connectivity index (χ0n) is 49.5. The van der Waals surface area contributed by atoms with Crippen molar-refractivity contribution in [3.05, 3.63) is 313 Å². The fraction of sp³-hybridized carbons (Fsp3) is 0.123. The predicted molar refractivity (Wildman–Crippen MR) is 358 cm³/mol. The van der Waals surface area contributed by atoms with E-state index < -0.39 is 5.41 Å². The second-order valence-corrected chi connectivity index (χ2v) is 25.1. The van der Waals surface area contributed by atoms with Gasteiger partial charge in [0.15, 0.2) is 0 Å². The van der Waals surface area contributed by atoms with E-state index in [1.165, 1.54) is 66.9 Å². The average Bonchev–Trinajstić information content (AvgIpc) is 1.58. The largest absolute Gasteiger partial charge is 0.457 e. The number of pyridine rings is 1. The van der Waals surface area contributed by atoms with E-state index in [4.69, 9.17) is 9.72 Å². The summed E-state index contributed by atoms with van der Waals surface area (Å²) in [5, 5.41) is 2.28. The number of ether oxygens (including phenoxy) is 1. The Labute approximate surface area is 504 Å². The van der Waals surface area contributed by atoms with Crippen LogP contribution in [-0.4, -0.2) is 16.2 Å². The van der Waals surface area contributed by atoms with E-state index in [1.807, 2.05) is 6.20 Å². The summed E-state index contributed by atoms with van der Waals surface area (Å²) < 4.78 is 9.90. The van der Waals surface area contributed by atoms with Gasteiger partial charge in [-0.2, -0.15) is 0 Å². The molecule has 13 aromatic rings. The summed E-state index contributed by atoms with van der Waals surface area (Å²) in [6.45, 7) is 14.3. The third-order valence-corrected chi connectivity index (χ3v) is 17.9. The molecular weight excluding hydrogens is 1040 g/mol. The predicted octanol–water partition coefficient (Wildman–Crippen LogP) is 21.2. The molecule has 1 aliphatic heterocycles. The van der Waals surface area contributed by atoms with Crippen molar-refractivity contribution in [2.45, 2.75) is 57.8 Å². The lowest BCUT2D eigenvalue weighted by atomic mass is 9.67. The van der Waals surface area contributed by atoms with E-state index >= 15 is 0 Å². The Kier molecular flexibility index (Phi) is 12.6. The normalized spacial score (nSPS) is 13.5. The van der Waals surface area contributed by atoms with Crippen molar-refractivity contribution >= 4 is 44.6 Å². The number of hydrogen-bond donors (Lipinski definition) is 0. The minimum Gasteiger partial charge on any atom is -0.457 e. The first-order chi connectivity index (χ1) is 41.9. The number of rotatable bonds is 10. The Hall–Kier alpha value is -10.2. The van der Waals surface area contributed by atoms with E-state index in [0.29, 0.717) is 6.67 Å². The highest BCUT2D eigenvalue weighted by atomic mass is 16.5. The summed E-state index contributed by atoms with van der Waals surface area (Å²) in [5.41, 5.74) is 22.4. The molecule has 0 radical (unpaired) electrons. The summed E-state index contributed by atoms with van der Waals surface area (Å²) in [5.74, 6) is 2.32. The monoisotopic (exact) mass is 1110 g/mol. The van der Waals surface area contributed by atoms with Crippen LogP contribution >= 0.6 is 0 Å². The lowest BCUT2D eigenvalue weighted by Gasteiger charge is -2.35. The van der Waals surface area contributed by atoms with Crippen LogP contribution in [-0.2, 0) is 16.2 Å². The second-order valence-electron chi connectivity index (χ2n) is 25.1. The molecule has 0 atom stereocenters. The molecule has 0 fully saturated rings. The van der Waals surface area contributed by atoms with Crippen LogP contribution in [0.2, 0.25) is 0 Å². The van der Waals surface area contributed by atoms with Crippen LogP contribution in [0.15, 0.2) is 279 Å². The van der Waals surface area contributed by atoms with Crippen molar-refractivity contribution < 1.29 is 4.74 Å². The molecule has 0 bridgehead atoms. The molecule has 0 unspecified atom stereocenters. The van der Waals surface area contributed by atoms with Crippen molar-refractivity contribution in [1.29, 1.82) is 0 Å². The van der Waals surface area contributed by atoms with Gasteiger partial charge in [0.1, 0.15) is 24.0 Å². The molecule has 5 nitrogen and oxygen atoms in total. The van der Waals surface area contributed by atoms with Crippen molar-refractivity contribution in [1.82, 2.24) is 9.55 Å². The van der Waals surface area contributed by atoms with Crippen LogP contribution in [0.25, 0.3) is 72.1 Å². The number of benzene rings is 11. The van der Waals surface area contributed by atoms with Crippen molar-refractivity contribution in [3.63, 3.8) is 0 Å². The fourth-order valence-electron chi connectivity index (χ4n) is 13.7. The molecule has 0 amide bonds. The maximum Gasteiger partial charge on any atom is 0.137 e. The number of fused-ring (bicyclic) bond motifs is 7. The highest BCUT2D eigenvalue weighted by Gasteiger charge is 2.47. The van der Waals surface area contributed by atoms with Gasteiger partial charge in [-0.3, -0.25) is 4.57 Å². The molecular formula is C81H66N4O. The van der Waals surface area contributed by atoms with Crippen molar-refractivity contribution in [2.75, 3.05) is 16.5 Å². The zero-order valence-corrected chi connectivity index (χ0v) is 49.5. The van der Waals surface area contributed by atoms with E-state index in [-0.39, 0.29) is 10.8 Å². The first-order valence-corrected chi connectivity index (χ1v) is 30.0. The molecule has 5 heteroatoms. The van der Waals surface area contributed by atoms with Gasteiger partial charge in [-0.25, -0.2) is 4.98 Å². The molecule has 0 saturated heterocycles. The van der Waals surface area contributed by atoms with Gasteiger partial charge in [-0.1, -0.05) is 242 Å². The number of anilines is 4. The van der Waals surface area contributed by atoms with Gasteiger partial charge < -0.3 is 14.5 Å². The van der Waals surface area contributed by atoms with Crippen LogP contribution in [0.1, 0.15) is 74.9 Å². The molecule has 1 aliphatic carbocycles. The highest BCUT2D eigenvalue weighted by Crippen LogP contribution is 2.58. The molecule has 0 N–H and O–H groups in total. The number of hydrogen-bond acceptors (Lipinski definition) is 4. The Morgan fingerprint density at radius 2 is 0.930 bits per heavy atom. The lowest BCUT2D eigenvalue weighted by molar-refractivity contribution is 0.482. The molecule has 416 valence electrons. The van der Waals surface area contributed by atoms with Crippen LogP contribution in [0, 0.1) is 0 Å². The third kappa shape index (κ3) is 8.71. The maximum absolute atomic E-state index is 7.55. The maximum atomic E-state index is 7.55. The SMILES string of the molecule is CC(C)(C)c1ccnc(-n2c3cc(Oc4cc(N5CN(c6c(-c7ccccc7)cc(C(C)(C)C)cc6-c6ccccc6)c6ccccc65)cc(C5(c6ccccc6)c6ccccc6-c6ccccc65)c4)ccc3c3cccc(-c4ccccc4)c32)c1. The summed E-state index contributed by atoms with van der Waals surface area (Å²) in [7, 11) is 0. The van der Waals surface area contributed by atoms with Gasteiger partial charge in [0.25, 0.3) is 0 Å². The number of para-hydroxylation sites is 3. The van der Waals surface area contributed by atoms with E-state index in [2.05, 4.69) is 329 Å². The average molecular weight is 1110 g/mol. The summed E-state index contributed by atoms with van der Waals surface area (Å²) >= 11 is 0. The Morgan fingerprint density at radius 1 is 0.395 bits per heavy atom. The Morgan fingerprint density at radius 3 is 1.53 bits per heavy atom. The topological polar surface area (TPSA) is 33.5 Å². The lowest BCUT2D eigenvalue weighted by Crippen LogP contribution is -2.29. The zero-order chi connectivity index (χ0) is 58.3. The molecule has 0 saturated carbocycles. The van der Waals surface area contributed by atoms with Gasteiger partial charge in [0, 0.05) is 51.5 Å². The second kappa shape index (κ2) is 20.5. The van der Waals surface area contributed by atoms with E-state index in [0.717, 1.165) is 72.9 Å². The van der Waals surface area contributed by atoms with Crippen LogP contribution in [0.5, 0.6) is 11.5 Å². The Balaban J connectivity index is 0.967. The van der Waals surface area contributed by atoms with Crippen LogP contribution in [0.4, 0.5) is 22.7 Å². The number of aromatic nitrogens is 2. The highest BCUT2D eigenvalue weighted by molar-refractivity contribution is 6.14. The van der Waals surface area contributed by atoms with Crippen LogP contribution < -0.4 is 14.5 Å². The molecule has 11 aromatic carbocycles. The molecule has 86 heavy (non-hydrogen) atoms. The summed E-state index contributed by atoms with van der Waals surface area (Å²) in [6, 6.07) is 100. The van der Waals surface area contributed by atoms with Crippen molar-refractivity contribution in [3.8, 4) is 61.8 Å². The van der Waals surface area contributed by atoms with E-state index in [1.54, 1.807) is 0 Å². The van der Waals surface area contributed by atoms with Gasteiger partial charge in [0.2, 0.25) is 0 Å². The van der Waals surface area contributed by atoms with E-state index in [9.17, 15) is 0 Å². The minimum atomic E-state index is -0.709. The summed E-state index contributed by atoms with van der Waals surface area (Å²) in [4.78, 5) is 10.2.